The van der Waals surface area contributed by atoms with Gasteiger partial charge in [-0.2, -0.15) is 4.98 Å². The highest BCUT2D eigenvalue weighted by molar-refractivity contribution is 6.33. The number of aryl methyl sites for hydroxylation is 1. The quantitative estimate of drug-likeness (QED) is 0.514. The van der Waals surface area contributed by atoms with E-state index in [0.717, 1.165) is 16.6 Å². The molecular weight excluding hydrogens is 362 g/mol. The van der Waals surface area contributed by atoms with Crippen molar-refractivity contribution in [2.75, 3.05) is 11.1 Å². The van der Waals surface area contributed by atoms with Crippen molar-refractivity contribution in [3.05, 3.63) is 71.6 Å². The lowest BCUT2D eigenvalue weighted by molar-refractivity contribution is 0.469. The van der Waals surface area contributed by atoms with Crippen molar-refractivity contribution < 1.29 is 4.74 Å². The zero-order chi connectivity index (χ0) is 18.8. The molecule has 0 atom stereocenters. The maximum absolute atomic E-state index is 6.23. The molecule has 0 unspecified atom stereocenters. The number of nitrogens with two attached hydrogens (primary N) is 1. The van der Waals surface area contributed by atoms with Crippen LogP contribution >= 0.6 is 11.6 Å². The fraction of sp³-hybridized carbons (Fsp3) is 0.0500. The van der Waals surface area contributed by atoms with E-state index in [-0.39, 0.29) is 11.6 Å². The third-order valence-electron chi connectivity index (χ3n) is 4.00. The maximum atomic E-state index is 6.23. The van der Waals surface area contributed by atoms with Crippen LogP contribution in [0.5, 0.6) is 11.6 Å². The van der Waals surface area contributed by atoms with Crippen LogP contribution in [0.1, 0.15) is 5.69 Å². The summed E-state index contributed by atoms with van der Waals surface area (Å²) in [6.45, 7) is 1.93. The van der Waals surface area contributed by atoms with Gasteiger partial charge in [0.1, 0.15) is 17.5 Å². The summed E-state index contributed by atoms with van der Waals surface area (Å²) in [4.78, 5) is 12.9. The van der Waals surface area contributed by atoms with Crippen LogP contribution in [0.25, 0.3) is 10.9 Å². The first-order valence-electron chi connectivity index (χ1n) is 8.28. The SMILES string of the molecule is Cc1ccc2cccc(Oc3ncnc(Nc4ccccc4Cl)c3N)c2n1. The molecule has 27 heavy (non-hydrogen) atoms. The molecule has 0 radical (unpaired) electrons. The summed E-state index contributed by atoms with van der Waals surface area (Å²) in [5.41, 5.74) is 8.84. The van der Waals surface area contributed by atoms with E-state index in [2.05, 4.69) is 20.3 Å². The number of nitrogens with zero attached hydrogens (tertiary/aromatic N) is 3. The van der Waals surface area contributed by atoms with Crippen molar-refractivity contribution in [3.63, 3.8) is 0 Å². The summed E-state index contributed by atoms with van der Waals surface area (Å²) in [7, 11) is 0. The van der Waals surface area contributed by atoms with Gasteiger partial charge in [0.25, 0.3) is 0 Å². The normalized spacial score (nSPS) is 10.7. The van der Waals surface area contributed by atoms with Gasteiger partial charge in [-0.3, -0.25) is 0 Å². The van der Waals surface area contributed by atoms with E-state index in [4.69, 9.17) is 22.1 Å². The number of nitrogen functional groups attached to an aromatic ring is 1. The number of hydrogen-bond acceptors (Lipinski definition) is 6. The fourth-order valence-corrected chi connectivity index (χ4v) is 2.84. The first-order chi connectivity index (χ1) is 13.1. The molecule has 0 aliphatic heterocycles. The molecule has 0 bridgehead atoms. The Balaban J connectivity index is 1.70. The van der Waals surface area contributed by atoms with Crippen molar-refractivity contribution in [3.8, 4) is 11.6 Å². The second kappa shape index (κ2) is 7.09. The minimum absolute atomic E-state index is 0.246. The predicted octanol–water partition coefficient (Wildman–Crippen LogP) is 5.10. The van der Waals surface area contributed by atoms with E-state index in [1.165, 1.54) is 6.33 Å². The minimum atomic E-state index is 0.246. The zero-order valence-corrected chi connectivity index (χ0v) is 15.2. The summed E-state index contributed by atoms with van der Waals surface area (Å²) in [6, 6.07) is 17.0. The Morgan fingerprint density at radius 2 is 1.85 bits per heavy atom. The Kier molecular flexibility index (Phi) is 4.48. The topological polar surface area (TPSA) is 86.0 Å². The number of hydrogen-bond donors (Lipinski definition) is 2. The monoisotopic (exact) mass is 377 g/mol. The van der Waals surface area contributed by atoms with Crippen LogP contribution in [0.2, 0.25) is 5.02 Å². The van der Waals surface area contributed by atoms with Gasteiger partial charge < -0.3 is 15.8 Å². The molecule has 0 aliphatic carbocycles. The summed E-state index contributed by atoms with van der Waals surface area (Å²) in [6.07, 6.45) is 1.38. The highest BCUT2D eigenvalue weighted by atomic mass is 35.5. The number of halogens is 1. The Hall–Kier alpha value is -3.38. The molecule has 3 N–H and O–H groups in total. The van der Waals surface area contributed by atoms with Gasteiger partial charge in [0.05, 0.1) is 10.7 Å². The van der Waals surface area contributed by atoms with Crippen LogP contribution in [0.15, 0.2) is 60.9 Å². The second-order valence-electron chi connectivity index (χ2n) is 5.93. The smallest absolute Gasteiger partial charge is 0.248 e. The van der Waals surface area contributed by atoms with Crippen molar-refractivity contribution in [1.29, 1.82) is 0 Å². The van der Waals surface area contributed by atoms with Gasteiger partial charge in [0, 0.05) is 11.1 Å². The zero-order valence-electron chi connectivity index (χ0n) is 14.5. The Labute approximate surface area is 161 Å². The number of aromatic nitrogens is 3. The lowest BCUT2D eigenvalue weighted by atomic mass is 10.2. The molecule has 0 saturated heterocycles. The fourth-order valence-electron chi connectivity index (χ4n) is 2.65. The average molecular weight is 378 g/mol. The first kappa shape index (κ1) is 17.1. The Bertz CT molecular complexity index is 1130. The molecule has 6 nitrogen and oxygen atoms in total. The van der Waals surface area contributed by atoms with Gasteiger partial charge >= 0.3 is 0 Å². The largest absolute Gasteiger partial charge is 0.435 e. The molecule has 0 spiro atoms. The summed E-state index contributed by atoms with van der Waals surface area (Å²) in [5, 5.41) is 4.64. The van der Waals surface area contributed by atoms with E-state index >= 15 is 0 Å². The molecular formula is C20H16ClN5O. The number of rotatable bonds is 4. The van der Waals surface area contributed by atoms with Gasteiger partial charge in [-0.15, -0.1) is 0 Å². The minimum Gasteiger partial charge on any atom is -0.435 e. The second-order valence-corrected chi connectivity index (χ2v) is 6.34. The van der Waals surface area contributed by atoms with E-state index < -0.39 is 0 Å². The van der Waals surface area contributed by atoms with Crippen LogP contribution in [0.4, 0.5) is 17.2 Å². The Morgan fingerprint density at radius 1 is 1.00 bits per heavy atom. The van der Waals surface area contributed by atoms with E-state index in [0.29, 0.717) is 22.3 Å². The van der Waals surface area contributed by atoms with Crippen LogP contribution < -0.4 is 15.8 Å². The van der Waals surface area contributed by atoms with Crippen molar-refractivity contribution in [2.24, 2.45) is 0 Å². The third-order valence-corrected chi connectivity index (χ3v) is 4.33. The maximum Gasteiger partial charge on any atom is 0.248 e. The number of benzene rings is 2. The van der Waals surface area contributed by atoms with Gasteiger partial charge in [-0.25, -0.2) is 9.97 Å². The lowest BCUT2D eigenvalue weighted by Crippen LogP contribution is -2.03. The molecule has 4 aromatic rings. The molecule has 0 fully saturated rings. The number of fused-ring (bicyclic) bond motifs is 1. The summed E-state index contributed by atoms with van der Waals surface area (Å²) >= 11 is 6.19. The molecule has 134 valence electrons. The number of anilines is 3. The lowest BCUT2D eigenvalue weighted by Gasteiger charge is -2.13. The standard InChI is InChI=1S/C20H16ClN5O/c1-12-9-10-13-5-4-8-16(18(13)25-12)27-20-17(22)19(23-11-24-20)26-15-7-3-2-6-14(15)21/h2-11H,22H2,1H3,(H,23,24,26). The molecule has 0 amide bonds. The number of para-hydroxylation sites is 2. The third kappa shape index (κ3) is 3.47. The number of pyridine rings is 1. The van der Waals surface area contributed by atoms with Crippen LogP contribution in [0.3, 0.4) is 0 Å². The summed E-state index contributed by atoms with van der Waals surface area (Å²) in [5.74, 6) is 1.23. The molecule has 4 rings (SSSR count). The predicted molar refractivity (Wildman–Crippen MR) is 108 cm³/mol. The van der Waals surface area contributed by atoms with Gasteiger partial charge in [-0.1, -0.05) is 41.9 Å². The van der Waals surface area contributed by atoms with Gasteiger partial charge in [0.15, 0.2) is 11.6 Å². The van der Waals surface area contributed by atoms with Crippen molar-refractivity contribution in [1.82, 2.24) is 15.0 Å². The highest BCUT2D eigenvalue weighted by Gasteiger charge is 2.13. The van der Waals surface area contributed by atoms with Crippen LogP contribution in [-0.4, -0.2) is 15.0 Å². The average Bonchev–Trinajstić information content (AvgIpc) is 2.67. The van der Waals surface area contributed by atoms with Crippen molar-refractivity contribution >= 4 is 39.7 Å². The van der Waals surface area contributed by atoms with E-state index in [1.807, 2.05) is 55.5 Å². The molecule has 2 aromatic carbocycles. The van der Waals surface area contributed by atoms with Crippen LogP contribution in [-0.2, 0) is 0 Å². The number of ether oxygens (including phenoxy) is 1. The van der Waals surface area contributed by atoms with Crippen LogP contribution in [0, 0.1) is 6.92 Å². The molecule has 0 aliphatic rings. The molecule has 0 saturated carbocycles. The van der Waals surface area contributed by atoms with Gasteiger partial charge in [0.2, 0.25) is 5.88 Å². The van der Waals surface area contributed by atoms with E-state index in [1.54, 1.807) is 6.07 Å². The molecule has 2 aromatic heterocycles. The van der Waals surface area contributed by atoms with Gasteiger partial charge in [-0.05, 0) is 31.2 Å². The molecule has 7 heteroatoms. The first-order valence-corrected chi connectivity index (χ1v) is 8.66. The Morgan fingerprint density at radius 3 is 2.70 bits per heavy atom. The highest BCUT2D eigenvalue weighted by Crippen LogP contribution is 2.34. The van der Waals surface area contributed by atoms with E-state index in [9.17, 15) is 0 Å². The number of nitrogens with one attached hydrogen (secondary N) is 1. The van der Waals surface area contributed by atoms with Crippen molar-refractivity contribution in [2.45, 2.75) is 6.92 Å². The molecule has 2 heterocycles. The summed E-state index contributed by atoms with van der Waals surface area (Å²) < 4.78 is 5.97.